The lowest BCUT2D eigenvalue weighted by Crippen LogP contribution is -2.32. The second-order valence-electron chi connectivity index (χ2n) is 4.34. The Morgan fingerprint density at radius 2 is 2.10 bits per heavy atom. The van der Waals surface area contributed by atoms with Gasteiger partial charge in [0.15, 0.2) is 0 Å². The molecular weight excluding hydrogens is 344 g/mol. The van der Waals surface area contributed by atoms with E-state index < -0.39 is 10.0 Å². The number of sulfonamides is 1. The Hall–Kier alpha value is -0.920. The van der Waals surface area contributed by atoms with Crippen LogP contribution in [0.4, 0.5) is 0 Å². The van der Waals surface area contributed by atoms with Crippen molar-refractivity contribution < 1.29 is 13.2 Å². The van der Waals surface area contributed by atoms with Crippen LogP contribution in [-0.2, 0) is 10.0 Å². The summed E-state index contributed by atoms with van der Waals surface area (Å²) < 4.78 is 25.2. The smallest absolute Gasteiger partial charge is 0.251 e. The Morgan fingerprint density at radius 1 is 1.40 bits per heavy atom. The van der Waals surface area contributed by atoms with Crippen LogP contribution < -0.4 is 5.32 Å². The lowest BCUT2D eigenvalue weighted by molar-refractivity contribution is 0.0953. The lowest BCUT2D eigenvalue weighted by atomic mass is 10.2. The third kappa shape index (κ3) is 5.22. The fourth-order valence-corrected chi connectivity index (χ4v) is 2.84. The topological polar surface area (TPSA) is 66.5 Å². The molecule has 0 radical (unpaired) electrons. The Morgan fingerprint density at radius 3 is 2.70 bits per heavy atom. The Balaban J connectivity index is 2.37. The largest absolute Gasteiger partial charge is 0.352 e. The lowest BCUT2D eigenvalue weighted by Gasteiger charge is -2.15. The maximum Gasteiger partial charge on any atom is 0.251 e. The Kier molecular flexibility index (Phi) is 6.64. The fraction of sp³-hybridized carbons (Fsp3) is 0.462. The number of benzene rings is 1. The molecule has 1 aromatic rings. The highest BCUT2D eigenvalue weighted by molar-refractivity contribution is 9.10. The van der Waals surface area contributed by atoms with E-state index in [9.17, 15) is 13.2 Å². The Bertz CT molecular complexity index is 560. The van der Waals surface area contributed by atoms with Crippen LogP contribution >= 0.6 is 15.9 Å². The molecule has 7 heteroatoms. The van der Waals surface area contributed by atoms with Crippen LogP contribution in [0, 0.1) is 0 Å². The van der Waals surface area contributed by atoms with Gasteiger partial charge in [0.1, 0.15) is 0 Å². The van der Waals surface area contributed by atoms with Crippen LogP contribution in [0.25, 0.3) is 0 Å². The molecule has 0 unspecified atom stereocenters. The van der Waals surface area contributed by atoms with Gasteiger partial charge in [0.2, 0.25) is 10.0 Å². The molecular formula is C13H19BrN2O3S. The van der Waals surface area contributed by atoms with Gasteiger partial charge in [-0.25, -0.2) is 12.7 Å². The van der Waals surface area contributed by atoms with Crippen molar-refractivity contribution in [3.8, 4) is 0 Å². The van der Waals surface area contributed by atoms with Crippen molar-refractivity contribution >= 4 is 31.9 Å². The predicted molar refractivity (Wildman–Crippen MR) is 83.2 cm³/mol. The molecule has 0 bridgehead atoms. The van der Waals surface area contributed by atoms with Gasteiger partial charge in [-0.2, -0.15) is 0 Å². The number of hydrogen-bond donors (Lipinski definition) is 1. The molecule has 1 aromatic carbocycles. The first-order valence-corrected chi connectivity index (χ1v) is 8.75. The summed E-state index contributed by atoms with van der Waals surface area (Å²) in [4.78, 5) is 11.8. The zero-order valence-electron chi connectivity index (χ0n) is 11.6. The maximum absolute atomic E-state index is 11.8. The van der Waals surface area contributed by atoms with E-state index in [2.05, 4.69) is 21.2 Å². The number of carbonyl (C=O) groups is 1. The summed E-state index contributed by atoms with van der Waals surface area (Å²) in [5.41, 5.74) is 0.578. The average Bonchev–Trinajstić information content (AvgIpc) is 2.42. The van der Waals surface area contributed by atoms with Gasteiger partial charge in [-0.3, -0.25) is 4.79 Å². The molecule has 20 heavy (non-hydrogen) atoms. The van der Waals surface area contributed by atoms with E-state index in [4.69, 9.17) is 0 Å². The van der Waals surface area contributed by atoms with Crippen molar-refractivity contribution in [2.24, 2.45) is 0 Å². The summed E-state index contributed by atoms with van der Waals surface area (Å²) in [5, 5.41) is 2.77. The minimum Gasteiger partial charge on any atom is -0.352 e. The number of nitrogens with zero attached hydrogens (tertiary/aromatic N) is 1. The summed E-state index contributed by atoms with van der Waals surface area (Å²) in [5.74, 6) is -0.0687. The van der Waals surface area contributed by atoms with E-state index in [1.807, 2.05) is 6.07 Å². The van der Waals surface area contributed by atoms with Gasteiger partial charge in [0.25, 0.3) is 5.91 Å². The van der Waals surface area contributed by atoms with Crippen LogP contribution in [-0.4, -0.2) is 44.5 Å². The van der Waals surface area contributed by atoms with Crippen molar-refractivity contribution in [1.29, 1.82) is 0 Å². The zero-order valence-corrected chi connectivity index (χ0v) is 14.0. The normalized spacial score (nSPS) is 11.6. The van der Waals surface area contributed by atoms with Crippen LogP contribution in [0.5, 0.6) is 0 Å². The molecule has 1 N–H and O–H groups in total. The van der Waals surface area contributed by atoms with Crippen molar-refractivity contribution in [3.63, 3.8) is 0 Å². The molecule has 0 saturated carbocycles. The highest BCUT2D eigenvalue weighted by Gasteiger charge is 2.14. The standard InChI is InChI=1S/C13H19BrN2O3S/c1-3-20(18,19)16(2)9-5-8-15-13(17)11-6-4-7-12(14)10-11/h4,6-7,10H,3,5,8-9H2,1-2H3,(H,15,17). The number of carbonyl (C=O) groups excluding carboxylic acids is 1. The van der Waals surface area contributed by atoms with Crippen LogP contribution in [0.2, 0.25) is 0 Å². The molecule has 0 fully saturated rings. The molecule has 0 aliphatic rings. The van der Waals surface area contributed by atoms with E-state index in [-0.39, 0.29) is 11.7 Å². The first kappa shape index (κ1) is 17.1. The van der Waals surface area contributed by atoms with Gasteiger partial charge in [-0.1, -0.05) is 22.0 Å². The van der Waals surface area contributed by atoms with Crippen LogP contribution in [0.15, 0.2) is 28.7 Å². The second kappa shape index (κ2) is 7.75. The van der Waals surface area contributed by atoms with E-state index in [0.717, 1.165) is 4.47 Å². The molecule has 0 spiro atoms. The summed E-state index contributed by atoms with van der Waals surface area (Å²) in [6, 6.07) is 7.11. The molecule has 0 saturated heterocycles. The average molecular weight is 363 g/mol. The molecule has 0 atom stereocenters. The predicted octanol–water partition coefficient (Wildman–Crippen LogP) is 1.85. The van der Waals surface area contributed by atoms with Gasteiger partial charge >= 0.3 is 0 Å². The van der Waals surface area contributed by atoms with E-state index >= 15 is 0 Å². The molecule has 0 aliphatic carbocycles. The molecule has 1 rings (SSSR count). The third-order valence-electron chi connectivity index (χ3n) is 2.86. The molecule has 5 nitrogen and oxygen atoms in total. The van der Waals surface area contributed by atoms with E-state index in [0.29, 0.717) is 25.1 Å². The monoisotopic (exact) mass is 362 g/mol. The number of halogens is 1. The highest BCUT2D eigenvalue weighted by atomic mass is 79.9. The van der Waals surface area contributed by atoms with Gasteiger partial charge < -0.3 is 5.32 Å². The van der Waals surface area contributed by atoms with Crippen LogP contribution in [0.1, 0.15) is 23.7 Å². The van der Waals surface area contributed by atoms with Crippen molar-refractivity contribution in [1.82, 2.24) is 9.62 Å². The number of rotatable bonds is 7. The number of nitrogens with one attached hydrogen (secondary N) is 1. The number of amides is 1. The van der Waals surface area contributed by atoms with Gasteiger partial charge in [-0.05, 0) is 31.5 Å². The van der Waals surface area contributed by atoms with Gasteiger partial charge in [-0.15, -0.1) is 0 Å². The Labute approximate surface area is 128 Å². The maximum atomic E-state index is 11.8. The summed E-state index contributed by atoms with van der Waals surface area (Å²) in [6.07, 6.45) is 0.579. The molecule has 0 heterocycles. The van der Waals surface area contributed by atoms with Crippen molar-refractivity contribution in [3.05, 3.63) is 34.3 Å². The first-order valence-electron chi connectivity index (χ1n) is 6.34. The summed E-state index contributed by atoms with van der Waals surface area (Å²) in [6.45, 7) is 2.45. The highest BCUT2D eigenvalue weighted by Crippen LogP contribution is 2.11. The SMILES string of the molecule is CCS(=O)(=O)N(C)CCCNC(=O)c1cccc(Br)c1. The fourth-order valence-electron chi connectivity index (χ4n) is 1.59. The molecule has 1 amide bonds. The molecule has 112 valence electrons. The summed E-state index contributed by atoms with van der Waals surface area (Å²) in [7, 11) is -1.59. The van der Waals surface area contributed by atoms with E-state index in [1.54, 1.807) is 32.2 Å². The van der Waals surface area contributed by atoms with Gasteiger partial charge in [0.05, 0.1) is 5.75 Å². The zero-order chi connectivity index (χ0) is 15.2. The minimum atomic E-state index is -3.14. The van der Waals surface area contributed by atoms with Crippen LogP contribution in [0.3, 0.4) is 0 Å². The molecule has 0 aliphatic heterocycles. The van der Waals surface area contributed by atoms with Crippen molar-refractivity contribution in [2.75, 3.05) is 25.9 Å². The minimum absolute atomic E-state index is 0.0912. The quantitative estimate of drug-likeness (QED) is 0.752. The van der Waals surface area contributed by atoms with Crippen molar-refractivity contribution in [2.45, 2.75) is 13.3 Å². The number of hydrogen-bond acceptors (Lipinski definition) is 3. The second-order valence-corrected chi connectivity index (χ2v) is 7.62. The first-order chi connectivity index (χ1) is 9.36. The molecule has 0 aromatic heterocycles. The van der Waals surface area contributed by atoms with Gasteiger partial charge in [0, 0.05) is 30.2 Å². The summed E-state index contributed by atoms with van der Waals surface area (Å²) >= 11 is 3.31. The van der Waals surface area contributed by atoms with E-state index in [1.165, 1.54) is 4.31 Å². The third-order valence-corrected chi connectivity index (χ3v) is 5.22.